The Kier molecular flexibility index (Phi) is 3.48. The SMILES string of the molecule is Cc1ccccc1CNC1(CC(=O)O)CCC1. The van der Waals surface area contributed by atoms with Gasteiger partial charge in [-0.25, -0.2) is 0 Å². The molecule has 2 rings (SSSR count). The molecule has 92 valence electrons. The van der Waals surface area contributed by atoms with E-state index in [0.29, 0.717) is 0 Å². The molecule has 0 amide bonds. The van der Waals surface area contributed by atoms with Crippen molar-refractivity contribution in [2.45, 2.75) is 44.7 Å². The molecule has 0 heterocycles. The van der Waals surface area contributed by atoms with Crippen molar-refractivity contribution in [1.82, 2.24) is 5.32 Å². The first-order chi connectivity index (χ1) is 8.11. The summed E-state index contributed by atoms with van der Waals surface area (Å²) >= 11 is 0. The van der Waals surface area contributed by atoms with Gasteiger partial charge in [-0.1, -0.05) is 24.3 Å². The minimum atomic E-state index is -0.706. The average molecular weight is 233 g/mol. The molecule has 1 aliphatic rings. The van der Waals surface area contributed by atoms with Crippen molar-refractivity contribution < 1.29 is 9.90 Å². The topological polar surface area (TPSA) is 49.3 Å². The lowest BCUT2D eigenvalue weighted by molar-refractivity contribution is -0.139. The second-order valence-corrected chi connectivity index (χ2v) is 4.98. The summed E-state index contributed by atoms with van der Waals surface area (Å²) in [6.07, 6.45) is 3.32. The van der Waals surface area contributed by atoms with Gasteiger partial charge in [0, 0.05) is 12.1 Å². The van der Waals surface area contributed by atoms with E-state index in [9.17, 15) is 4.79 Å². The molecule has 1 aromatic carbocycles. The monoisotopic (exact) mass is 233 g/mol. The average Bonchev–Trinajstić information content (AvgIpc) is 2.23. The molecule has 0 atom stereocenters. The van der Waals surface area contributed by atoms with Gasteiger partial charge in [-0.15, -0.1) is 0 Å². The molecule has 1 fully saturated rings. The second kappa shape index (κ2) is 4.88. The molecule has 3 nitrogen and oxygen atoms in total. The van der Waals surface area contributed by atoms with Crippen LogP contribution in [-0.2, 0) is 11.3 Å². The van der Waals surface area contributed by atoms with Crippen molar-refractivity contribution in [1.29, 1.82) is 0 Å². The molecule has 0 aliphatic heterocycles. The van der Waals surface area contributed by atoms with Crippen LogP contribution in [0.4, 0.5) is 0 Å². The van der Waals surface area contributed by atoms with E-state index >= 15 is 0 Å². The number of hydrogen-bond acceptors (Lipinski definition) is 2. The smallest absolute Gasteiger partial charge is 0.305 e. The maximum absolute atomic E-state index is 10.8. The molecule has 0 aromatic heterocycles. The van der Waals surface area contributed by atoms with Gasteiger partial charge in [-0.05, 0) is 37.3 Å². The standard InChI is InChI=1S/C14H19NO2/c1-11-5-2-3-6-12(11)10-15-14(7-4-8-14)9-13(16)17/h2-3,5-6,15H,4,7-10H2,1H3,(H,16,17). The summed E-state index contributed by atoms with van der Waals surface area (Å²) in [6, 6.07) is 8.22. The zero-order chi connectivity index (χ0) is 12.3. The van der Waals surface area contributed by atoms with Gasteiger partial charge in [0.2, 0.25) is 0 Å². The van der Waals surface area contributed by atoms with Gasteiger partial charge in [0.1, 0.15) is 0 Å². The third-order valence-corrected chi connectivity index (χ3v) is 3.72. The Morgan fingerprint density at radius 1 is 1.41 bits per heavy atom. The molecule has 1 aliphatic carbocycles. The van der Waals surface area contributed by atoms with Crippen LogP contribution in [0.1, 0.15) is 36.8 Å². The molecule has 0 radical (unpaired) electrons. The van der Waals surface area contributed by atoms with Crippen LogP contribution < -0.4 is 5.32 Å². The molecule has 1 aromatic rings. The number of rotatable bonds is 5. The Morgan fingerprint density at radius 3 is 2.65 bits per heavy atom. The maximum atomic E-state index is 10.8. The Bertz CT molecular complexity index is 410. The first-order valence-electron chi connectivity index (χ1n) is 6.13. The highest BCUT2D eigenvalue weighted by Gasteiger charge is 2.38. The molecule has 3 heteroatoms. The van der Waals surface area contributed by atoms with Crippen LogP contribution in [0.25, 0.3) is 0 Å². The summed E-state index contributed by atoms with van der Waals surface area (Å²) in [5.41, 5.74) is 2.35. The number of carbonyl (C=O) groups is 1. The summed E-state index contributed by atoms with van der Waals surface area (Å²) in [5.74, 6) is -0.706. The molecule has 0 saturated heterocycles. The van der Waals surface area contributed by atoms with Crippen molar-refractivity contribution >= 4 is 5.97 Å². The van der Waals surface area contributed by atoms with Crippen molar-refractivity contribution in [3.8, 4) is 0 Å². The Morgan fingerprint density at radius 2 is 2.12 bits per heavy atom. The first kappa shape index (κ1) is 12.1. The van der Waals surface area contributed by atoms with Gasteiger partial charge in [0.05, 0.1) is 6.42 Å². The zero-order valence-corrected chi connectivity index (χ0v) is 10.2. The van der Waals surface area contributed by atoms with Crippen LogP contribution in [-0.4, -0.2) is 16.6 Å². The van der Waals surface area contributed by atoms with E-state index in [-0.39, 0.29) is 12.0 Å². The Balaban J connectivity index is 1.97. The van der Waals surface area contributed by atoms with Gasteiger partial charge < -0.3 is 10.4 Å². The van der Waals surface area contributed by atoms with Crippen LogP contribution in [0.15, 0.2) is 24.3 Å². The van der Waals surface area contributed by atoms with E-state index in [2.05, 4.69) is 24.4 Å². The van der Waals surface area contributed by atoms with Crippen LogP contribution in [0.2, 0.25) is 0 Å². The fourth-order valence-corrected chi connectivity index (χ4v) is 2.40. The largest absolute Gasteiger partial charge is 0.481 e. The van der Waals surface area contributed by atoms with E-state index in [4.69, 9.17) is 5.11 Å². The van der Waals surface area contributed by atoms with E-state index in [1.54, 1.807) is 0 Å². The third kappa shape index (κ3) is 2.86. The number of benzene rings is 1. The quantitative estimate of drug-likeness (QED) is 0.821. The number of aryl methyl sites for hydroxylation is 1. The number of aliphatic carboxylic acids is 1. The van der Waals surface area contributed by atoms with Crippen LogP contribution in [0, 0.1) is 6.92 Å². The Labute approximate surface area is 102 Å². The van der Waals surface area contributed by atoms with Crippen LogP contribution in [0.5, 0.6) is 0 Å². The number of nitrogens with one attached hydrogen (secondary N) is 1. The second-order valence-electron chi connectivity index (χ2n) is 4.98. The molecule has 1 saturated carbocycles. The maximum Gasteiger partial charge on any atom is 0.305 e. The van der Waals surface area contributed by atoms with Gasteiger partial charge in [-0.2, -0.15) is 0 Å². The van der Waals surface area contributed by atoms with E-state index in [1.807, 2.05) is 12.1 Å². The molecular weight excluding hydrogens is 214 g/mol. The predicted molar refractivity (Wildman–Crippen MR) is 66.9 cm³/mol. The highest BCUT2D eigenvalue weighted by molar-refractivity contribution is 5.68. The van der Waals surface area contributed by atoms with Crippen molar-refractivity contribution in [3.63, 3.8) is 0 Å². The highest BCUT2D eigenvalue weighted by atomic mass is 16.4. The summed E-state index contributed by atoms with van der Waals surface area (Å²) in [5, 5.41) is 12.4. The normalized spacial score (nSPS) is 17.5. The van der Waals surface area contributed by atoms with Crippen molar-refractivity contribution in [2.75, 3.05) is 0 Å². The number of carboxylic acid groups (broad SMARTS) is 1. The summed E-state index contributed by atoms with van der Waals surface area (Å²) < 4.78 is 0. The van der Waals surface area contributed by atoms with E-state index < -0.39 is 5.97 Å². The van der Waals surface area contributed by atoms with Gasteiger partial charge >= 0.3 is 5.97 Å². The first-order valence-corrected chi connectivity index (χ1v) is 6.13. The Hall–Kier alpha value is -1.35. The van der Waals surface area contributed by atoms with Crippen LogP contribution >= 0.6 is 0 Å². The minimum Gasteiger partial charge on any atom is -0.481 e. The van der Waals surface area contributed by atoms with Crippen LogP contribution in [0.3, 0.4) is 0 Å². The minimum absolute atomic E-state index is 0.159. The molecule has 0 bridgehead atoms. The zero-order valence-electron chi connectivity index (χ0n) is 10.2. The van der Waals surface area contributed by atoms with Gasteiger partial charge in [0.25, 0.3) is 0 Å². The summed E-state index contributed by atoms with van der Waals surface area (Å²) in [7, 11) is 0. The van der Waals surface area contributed by atoms with Crippen molar-refractivity contribution in [3.05, 3.63) is 35.4 Å². The van der Waals surface area contributed by atoms with Crippen molar-refractivity contribution in [2.24, 2.45) is 0 Å². The number of carboxylic acids is 1. The van der Waals surface area contributed by atoms with Gasteiger partial charge in [-0.3, -0.25) is 4.79 Å². The third-order valence-electron chi connectivity index (χ3n) is 3.72. The number of hydrogen-bond donors (Lipinski definition) is 2. The molecule has 0 spiro atoms. The fraction of sp³-hybridized carbons (Fsp3) is 0.500. The summed E-state index contributed by atoms with van der Waals surface area (Å²) in [4.78, 5) is 10.8. The van der Waals surface area contributed by atoms with Gasteiger partial charge in [0.15, 0.2) is 0 Å². The molecule has 17 heavy (non-hydrogen) atoms. The highest BCUT2D eigenvalue weighted by Crippen LogP contribution is 2.35. The molecule has 2 N–H and O–H groups in total. The fourth-order valence-electron chi connectivity index (χ4n) is 2.40. The lowest BCUT2D eigenvalue weighted by atomic mass is 9.74. The lowest BCUT2D eigenvalue weighted by Crippen LogP contribution is -2.51. The molecular formula is C14H19NO2. The van der Waals surface area contributed by atoms with E-state index in [0.717, 1.165) is 25.8 Å². The summed E-state index contributed by atoms with van der Waals surface area (Å²) in [6.45, 7) is 2.85. The van der Waals surface area contributed by atoms with E-state index in [1.165, 1.54) is 11.1 Å². The predicted octanol–water partition coefficient (Wildman–Crippen LogP) is 2.48. The molecule has 0 unspecified atom stereocenters. The lowest BCUT2D eigenvalue weighted by Gasteiger charge is -2.42.